The molecule has 2 saturated carbocycles. The van der Waals surface area contributed by atoms with Crippen molar-refractivity contribution in [2.45, 2.75) is 70.0 Å². The Morgan fingerprint density at radius 2 is 1.78 bits per heavy atom. The highest BCUT2D eigenvalue weighted by Crippen LogP contribution is 2.38. The number of ether oxygens (including phenoxy) is 1. The van der Waals surface area contributed by atoms with Gasteiger partial charge in [-0.2, -0.15) is 4.37 Å². The molecule has 36 heavy (non-hydrogen) atoms. The molecule has 0 radical (unpaired) electrons. The number of nitrogens with one attached hydrogen (secondary N) is 1. The Kier molecular flexibility index (Phi) is 7.66. The van der Waals surface area contributed by atoms with Crippen molar-refractivity contribution < 1.29 is 14.3 Å². The van der Waals surface area contributed by atoms with Crippen LogP contribution in [-0.4, -0.2) is 27.3 Å². The first kappa shape index (κ1) is 24.5. The second-order valence-electron chi connectivity index (χ2n) is 9.94. The first-order valence-corrected chi connectivity index (χ1v) is 13.7. The highest BCUT2D eigenvalue weighted by molar-refractivity contribution is 7.03. The van der Waals surface area contributed by atoms with Crippen LogP contribution in [0.25, 0.3) is 0 Å². The van der Waals surface area contributed by atoms with Crippen LogP contribution in [0.4, 0.5) is 4.79 Å². The number of benzene rings is 2. The van der Waals surface area contributed by atoms with Gasteiger partial charge >= 0.3 is 6.09 Å². The fraction of sp³-hybridized carbons (Fsp3) is 0.414. The molecule has 0 aliphatic heterocycles. The van der Waals surface area contributed by atoms with Gasteiger partial charge in [0, 0.05) is 30.0 Å². The monoisotopic (exact) mass is 503 g/mol. The van der Waals surface area contributed by atoms with Crippen molar-refractivity contribution in [2.24, 2.45) is 5.92 Å². The molecule has 2 aliphatic carbocycles. The Labute approximate surface area is 216 Å². The zero-order valence-electron chi connectivity index (χ0n) is 20.6. The number of hydrogen-bond acceptors (Lipinski definition) is 5. The van der Waals surface area contributed by atoms with Gasteiger partial charge in [-0.25, -0.2) is 4.79 Å². The van der Waals surface area contributed by atoms with E-state index >= 15 is 0 Å². The van der Waals surface area contributed by atoms with Crippen LogP contribution in [-0.2, 0) is 11.3 Å². The zero-order chi connectivity index (χ0) is 24.9. The molecule has 3 atom stereocenters. The van der Waals surface area contributed by atoms with E-state index in [-0.39, 0.29) is 35.9 Å². The number of carbonyl (C=O) groups excluding carboxylic acids is 2. The lowest BCUT2D eigenvalue weighted by Gasteiger charge is -2.32. The van der Waals surface area contributed by atoms with E-state index in [9.17, 15) is 9.59 Å². The van der Waals surface area contributed by atoms with Gasteiger partial charge in [0.2, 0.25) is 11.8 Å². The van der Waals surface area contributed by atoms with Gasteiger partial charge in [0.25, 0.3) is 0 Å². The van der Waals surface area contributed by atoms with Crippen LogP contribution < -0.4 is 10.1 Å². The van der Waals surface area contributed by atoms with Gasteiger partial charge in [-0.05, 0) is 66.7 Å². The van der Waals surface area contributed by atoms with Crippen LogP contribution in [0.5, 0.6) is 5.88 Å². The van der Waals surface area contributed by atoms with Gasteiger partial charge < -0.3 is 15.0 Å². The number of amides is 2. The average molecular weight is 504 g/mol. The fourth-order valence-corrected chi connectivity index (χ4v) is 5.63. The van der Waals surface area contributed by atoms with Crippen molar-refractivity contribution in [3.63, 3.8) is 0 Å². The summed E-state index contributed by atoms with van der Waals surface area (Å²) >= 11 is 1.27. The molecule has 1 aromatic heterocycles. The molecule has 0 spiro atoms. The SMILES string of the molecule is C[C@H](NC(=O)[C@H]1CCCC[C@@H]1c1ccc(CN(C(=O)Oc2ccsn2)C2CC2)cc1)c1ccccc1. The summed E-state index contributed by atoms with van der Waals surface area (Å²) in [7, 11) is 0. The smallest absolute Gasteiger partial charge is 0.390 e. The van der Waals surface area contributed by atoms with Crippen molar-refractivity contribution in [1.82, 2.24) is 14.6 Å². The van der Waals surface area contributed by atoms with Gasteiger partial charge in [-0.3, -0.25) is 4.79 Å². The van der Waals surface area contributed by atoms with E-state index in [1.54, 1.807) is 16.3 Å². The number of nitrogens with zero attached hydrogens (tertiary/aromatic N) is 2. The summed E-state index contributed by atoms with van der Waals surface area (Å²) in [6, 6.07) is 20.5. The highest BCUT2D eigenvalue weighted by atomic mass is 32.1. The molecular weight excluding hydrogens is 470 g/mol. The lowest BCUT2D eigenvalue weighted by molar-refractivity contribution is -0.127. The van der Waals surface area contributed by atoms with Crippen molar-refractivity contribution in [1.29, 1.82) is 0 Å². The van der Waals surface area contributed by atoms with Crippen LogP contribution in [0.1, 0.15) is 74.1 Å². The Bertz CT molecular complexity index is 1150. The Morgan fingerprint density at radius 1 is 1.03 bits per heavy atom. The lowest BCUT2D eigenvalue weighted by Crippen LogP contribution is -2.37. The summed E-state index contributed by atoms with van der Waals surface area (Å²) in [6.45, 7) is 2.56. The molecule has 1 heterocycles. The summed E-state index contributed by atoms with van der Waals surface area (Å²) in [5.74, 6) is 0.691. The van der Waals surface area contributed by atoms with Crippen LogP contribution in [0.2, 0.25) is 0 Å². The maximum Gasteiger partial charge on any atom is 0.417 e. The number of rotatable bonds is 8. The highest BCUT2D eigenvalue weighted by Gasteiger charge is 2.35. The molecule has 2 aliphatic rings. The van der Waals surface area contributed by atoms with Crippen molar-refractivity contribution >= 4 is 23.5 Å². The lowest BCUT2D eigenvalue weighted by atomic mass is 9.74. The first-order chi connectivity index (χ1) is 17.6. The molecule has 0 saturated heterocycles. The molecule has 7 heteroatoms. The molecule has 3 aromatic rings. The molecule has 5 rings (SSSR count). The van der Waals surface area contributed by atoms with Gasteiger partial charge in [-0.15, -0.1) is 0 Å². The molecule has 1 N–H and O–H groups in total. The Morgan fingerprint density at radius 3 is 2.47 bits per heavy atom. The molecule has 2 aromatic carbocycles. The minimum Gasteiger partial charge on any atom is -0.390 e. The van der Waals surface area contributed by atoms with E-state index in [1.165, 1.54) is 17.1 Å². The van der Waals surface area contributed by atoms with Crippen molar-refractivity contribution in [3.8, 4) is 5.88 Å². The minimum atomic E-state index is -0.343. The van der Waals surface area contributed by atoms with Crippen LogP contribution in [0.3, 0.4) is 0 Å². The maximum atomic E-state index is 13.3. The number of hydrogen-bond donors (Lipinski definition) is 1. The van der Waals surface area contributed by atoms with Gasteiger partial charge in [0.15, 0.2) is 0 Å². The first-order valence-electron chi connectivity index (χ1n) is 12.9. The predicted octanol–water partition coefficient (Wildman–Crippen LogP) is 6.46. The number of carbonyl (C=O) groups is 2. The van der Waals surface area contributed by atoms with E-state index < -0.39 is 0 Å². The molecular formula is C29H33N3O3S. The van der Waals surface area contributed by atoms with Gasteiger partial charge in [0.1, 0.15) is 0 Å². The Hall–Kier alpha value is -3.19. The summed E-state index contributed by atoms with van der Waals surface area (Å²) < 4.78 is 9.54. The predicted molar refractivity (Wildman–Crippen MR) is 141 cm³/mol. The average Bonchev–Trinajstić information content (AvgIpc) is 3.63. The normalized spacial score (nSPS) is 20.4. The second kappa shape index (κ2) is 11.2. The molecule has 188 valence electrons. The summed E-state index contributed by atoms with van der Waals surface area (Å²) in [4.78, 5) is 27.8. The fourth-order valence-electron chi connectivity index (χ4n) is 5.19. The van der Waals surface area contributed by atoms with E-state index in [0.29, 0.717) is 12.4 Å². The zero-order valence-corrected chi connectivity index (χ0v) is 21.5. The molecule has 0 unspecified atom stereocenters. The summed E-state index contributed by atoms with van der Waals surface area (Å²) in [5.41, 5.74) is 3.39. The second-order valence-corrected chi connectivity index (χ2v) is 10.6. The topological polar surface area (TPSA) is 71.5 Å². The van der Waals surface area contributed by atoms with E-state index in [2.05, 4.69) is 46.1 Å². The molecule has 0 bridgehead atoms. The molecule has 6 nitrogen and oxygen atoms in total. The van der Waals surface area contributed by atoms with Crippen LogP contribution in [0.15, 0.2) is 66.0 Å². The standard InChI is InChI=1S/C29H33N3O3S/c1-20(22-7-3-2-4-8-22)30-28(33)26-10-6-5-9-25(26)23-13-11-21(12-14-23)19-32(24-15-16-24)29(34)35-27-17-18-36-31-27/h2-4,7-8,11-14,17-18,20,24-26H,5-6,9-10,15-16,19H2,1H3,(H,30,33)/t20-,25+,26-/m0/s1. The van der Waals surface area contributed by atoms with Crippen molar-refractivity contribution in [3.05, 3.63) is 82.7 Å². The minimum absolute atomic E-state index is 0.0129. The maximum absolute atomic E-state index is 13.3. The Balaban J connectivity index is 1.24. The summed E-state index contributed by atoms with van der Waals surface area (Å²) in [5, 5.41) is 5.05. The molecule has 2 amide bonds. The third-order valence-corrected chi connectivity index (χ3v) is 7.89. The van der Waals surface area contributed by atoms with Gasteiger partial charge in [-0.1, -0.05) is 67.4 Å². The van der Waals surface area contributed by atoms with Crippen LogP contribution >= 0.6 is 11.5 Å². The number of aromatic nitrogens is 1. The van der Waals surface area contributed by atoms with Gasteiger partial charge in [0.05, 0.1) is 6.04 Å². The molecule has 2 fully saturated rings. The van der Waals surface area contributed by atoms with Crippen molar-refractivity contribution in [2.75, 3.05) is 0 Å². The third kappa shape index (κ3) is 5.95. The quantitative estimate of drug-likeness (QED) is 0.383. The van der Waals surface area contributed by atoms with E-state index in [0.717, 1.165) is 49.7 Å². The van der Waals surface area contributed by atoms with Crippen LogP contribution in [0, 0.1) is 5.92 Å². The largest absolute Gasteiger partial charge is 0.417 e. The van der Waals surface area contributed by atoms with E-state index in [4.69, 9.17) is 4.74 Å². The van der Waals surface area contributed by atoms with E-state index in [1.807, 2.05) is 25.1 Å². The third-order valence-electron chi connectivity index (χ3n) is 7.35. The summed E-state index contributed by atoms with van der Waals surface area (Å²) in [6.07, 6.45) is 5.83.